The van der Waals surface area contributed by atoms with Crippen LogP contribution in [0, 0.1) is 0 Å². The molecule has 0 heterocycles. The first-order chi connectivity index (χ1) is 4.52. The zero-order valence-electron chi connectivity index (χ0n) is 5.07. The maximum atomic E-state index is 9.86. The molecule has 0 aliphatic carbocycles. The molecule has 0 fully saturated rings. The third kappa shape index (κ3) is 23.7. The Balaban J connectivity index is -0.0000000675. The number of hydrogen-bond acceptors (Lipinski definition) is 5. The van der Waals surface area contributed by atoms with Crippen LogP contribution in [0.5, 0.6) is 0 Å². The van der Waals surface area contributed by atoms with Crippen LogP contribution in [-0.4, -0.2) is 104 Å². The first-order valence-corrected chi connectivity index (χ1v) is 1.88. The molecule has 0 spiro atoms. The van der Waals surface area contributed by atoms with E-state index in [-0.39, 0.29) is 118 Å². The molecule has 0 aromatic carbocycles. The number of carboxylic acid groups (broad SMARTS) is 2. The fourth-order valence-corrected chi connectivity index (χ4v) is 0.163. The monoisotopic (exact) mass is 624 g/mol. The van der Waals surface area contributed by atoms with Crippen molar-refractivity contribution in [2.45, 2.75) is 0 Å². The van der Waals surface area contributed by atoms with E-state index in [1.54, 1.807) is 0 Å². The van der Waals surface area contributed by atoms with Gasteiger partial charge in [-0.3, -0.25) is 0 Å². The molecule has 0 aromatic heterocycles. The quantitative estimate of drug-likeness (QED) is 0.195. The largest absolute Gasteiger partial charge is 0 e. The van der Waals surface area contributed by atoms with Gasteiger partial charge in [-0.25, -0.2) is 14.4 Å². The second-order valence-electron chi connectivity index (χ2n) is 0.986. The van der Waals surface area contributed by atoms with Crippen molar-refractivity contribution in [1.29, 1.82) is 0 Å². The fraction of sp³-hybridized carbons (Fsp3) is 0. The molecule has 0 saturated carbocycles. The van der Waals surface area contributed by atoms with Crippen LogP contribution in [0.3, 0.4) is 0 Å². The molecular weight excluding hydrogens is 618 g/mol. The number of ether oxygens (including phenoxy) is 2. The molecular formula is C3H6Ca2O7Pt2. The van der Waals surface area contributed by atoms with Crippen molar-refractivity contribution < 1.29 is 76.2 Å². The average Bonchev–Trinajstić information content (AvgIpc) is 1.58. The molecule has 0 radical (unpaired) electrons. The molecule has 0 atom stereocenters. The van der Waals surface area contributed by atoms with Crippen molar-refractivity contribution in [3.63, 3.8) is 0 Å². The van der Waals surface area contributed by atoms with Crippen molar-refractivity contribution in [2.75, 3.05) is 0 Å². The van der Waals surface area contributed by atoms with Gasteiger partial charge in [-0.2, -0.15) is 0 Å². The SMILES string of the molecule is O=C(O)OC(=O)OC(=O)O.[CaH2].[CaH2].[Pt].[Pt]. The molecule has 0 unspecified atom stereocenters. The molecule has 0 amide bonds. The summed E-state index contributed by atoms with van der Waals surface area (Å²) in [6, 6.07) is 0. The molecule has 11 heteroatoms. The summed E-state index contributed by atoms with van der Waals surface area (Å²) in [5.41, 5.74) is 0. The van der Waals surface area contributed by atoms with E-state index in [0.717, 1.165) is 0 Å². The van der Waals surface area contributed by atoms with Gasteiger partial charge in [0.05, 0.1) is 0 Å². The van der Waals surface area contributed by atoms with Gasteiger partial charge in [-0.05, 0) is 0 Å². The summed E-state index contributed by atoms with van der Waals surface area (Å²) < 4.78 is 6.47. The predicted molar refractivity (Wildman–Crippen MR) is 40.7 cm³/mol. The molecule has 0 rings (SSSR count). The van der Waals surface area contributed by atoms with Crippen molar-refractivity contribution in [3.05, 3.63) is 0 Å². The van der Waals surface area contributed by atoms with Crippen molar-refractivity contribution >= 4 is 93.9 Å². The Hall–Kier alpha value is 2.11. The van der Waals surface area contributed by atoms with Gasteiger partial charge in [0.2, 0.25) is 0 Å². The van der Waals surface area contributed by atoms with Gasteiger partial charge in [-0.15, -0.1) is 0 Å². The summed E-state index contributed by atoms with van der Waals surface area (Å²) in [7, 11) is 0. The van der Waals surface area contributed by atoms with Crippen molar-refractivity contribution in [2.24, 2.45) is 0 Å². The van der Waals surface area contributed by atoms with Crippen molar-refractivity contribution in [1.82, 2.24) is 0 Å². The van der Waals surface area contributed by atoms with Gasteiger partial charge in [-0.1, -0.05) is 0 Å². The van der Waals surface area contributed by atoms with Crippen LogP contribution in [0.1, 0.15) is 0 Å². The maximum Gasteiger partial charge on any atom is 0 e. The van der Waals surface area contributed by atoms with E-state index < -0.39 is 18.5 Å². The van der Waals surface area contributed by atoms with Gasteiger partial charge in [0.25, 0.3) is 0 Å². The van der Waals surface area contributed by atoms with E-state index >= 15 is 0 Å². The minimum absolute atomic E-state index is 0. The van der Waals surface area contributed by atoms with E-state index in [2.05, 4.69) is 9.47 Å². The average molecular weight is 624 g/mol. The van der Waals surface area contributed by atoms with Gasteiger partial charge < -0.3 is 19.7 Å². The van der Waals surface area contributed by atoms with E-state index in [1.807, 2.05) is 0 Å². The van der Waals surface area contributed by atoms with Crippen LogP contribution in [0.4, 0.5) is 14.4 Å². The summed E-state index contributed by atoms with van der Waals surface area (Å²) in [6.07, 6.45) is -5.64. The molecule has 0 aliphatic rings. The molecule has 0 saturated heterocycles. The van der Waals surface area contributed by atoms with Crippen LogP contribution < -0.4 is 0 Å². The van der Waals surface area contributed by atoms with E-state index in [4.69, 9.17) is 10.2 Å². The molecule has 0 aromatic rings. The van der Waals surface area contributed by atoms with Crippen LogP contribution in [-0.2, 0) is 51.6 Å². The molecule has 14 heavy (non-hydrogen) atoms. The van der Waals surface area contributed by atoms with Crippen LogP contribution in [0.25, 0.3) is 0 Å². The fourth-order valence-electron chi connectivity index (χ4n) is 0.163. The number of carbonyl (C=O) groups excluding carboxylic acids is 1. The standard InChI is InChI=1S/C3H2O7.2Ca.2Pt.4H/c4-1(5)9-3(8)10-2(6)7;;;;;;;;/h(H,4,5)(H,6,7);;;;;;;;. The van der Waals surface area contributed by atoms with E-state index in [9.17, 15) is 14.4 Å². The third-order valence-corrected chi connectivity index (χ3v) is 0.341. The topological polar surface area (TPSA) is 110 Å². The number of rotatable bonds is 0. The summed E-state index contributed by atoms with van der Waals surface area (Å²) >= 11 is 0. The Morgan fingerprint density at radius 2 is 1.00 bits per heavy atom. The Labute approximate surface area is 167 Å². The maximum absolute atomic E-state index is 9.86. The Bertz CT molecular complexity index is 168. The molecule has 84 valence electrons. The van der Waals surface area contributed by atoms with Gasteiger partial charge in [0.1, 0.15) is 0 Å². The van der Waals surface area contributed by atoms with Crippen LogP contribution in [0.2, 0.25) is 0 Å². The first kappa shape index (κ1) is 29.8. The second-order valence-corrected chi connectivity index (χ2v) is 0.986. The van der Waals surface area contributed by atoms with E-state index in [1.165, 1.54) is 0 Å². The molecule has 2 N–H and O–H groups in total. The second kappa shape index (κ2) is 17.5. The zero-order valence-corrected chi connectivity index (χ0v) is 9.61. The van der Waals surface area contributed by atoms with Crippen LogP contribution >= 0.6 is 0 Å². The summed E-state index contributed by atoms with van der Waals surface area (Å²) in [4.78, 5) is 28.8. The third-order valence-electron chi connectivity index (χ3n) is 0.341. The minimum Gasteiger partial charge on any atom is 0 e. The first-order valence-electron chi connectivity index (χ1n) is 1.88. The Morgan fingerprint density at radius 3 is 1.14 bits per heavy atom. The Kier molecular flexibility index (Phi) is 37.2. The van der Waals surface area contributed by atoms with Gasteiger partial charge >= 0.3 is 93.9 Å². The Morgan fingerprint density at radius 1 is 0.786 bits per heavy atom. The van der Waals surface area contributed by atoms with Gasteiger partial charge in [0.15, 0.2) is 0 Å². The van der Waals surface area contributed by atoms with E-state index in [0.29, 0.717) is 0 Å². The summed E-state index contributed by atoms with van der Waals surface area (Å²) in [5.74, 6) is 0. The molecule has 7 nitrogen and oxygen atoms in total. The van der Waals surface area contributed by atoms with Crippen molar-refractivity contribution in [3.8, 4) is 0 Å². The predicted octanol–water partition coefficient (Wildman–Crippen LogP) is -1.34. The molecule has 0 bridgehead atoms. The zero-order chi connectivity index (χ0) is 8.15. The smallest absolute Gasteiger partial charge is 0 e. The van der Waals surface area contributed by atoms with Crippen LogP contribution in [0.15, 0.2) is 0 Å². The summed E-state index contributed by atoms with van der Waals surface area (Å²) in [5, 5.41) is 15.4. The minimum atomic E-state index is -1.92. The summed E-state index contributed by atoms with van der Waals surface area (Å²) in [6.45, 7) is 0. The molecule has 0 aliphatic heterocycles. The normalized spacial score (nSPS) is 5.71. The number of carbonyl (C=O) groups is 3. The van der Waals surface area contributed by atoms with Gasteiger partial charge in [0, 0.05) is 42.1 Å². The number of hydrogen-bond donors (Lipinski definition) is 2.